The van der Waals surface area contributed by atoms with Crippen molar-refractivity contribution in [2.45, 2.75) is 13.0 Å². The highest BCUT2D eigenvalue weighted by Gasteiger charge is 2.14. The lowest BCUT2D eigenvalue weighted by atomic mass is 10.1. The maximum absolute atomic E-state index is 12.9. The molecule has 0 saturated carbocycles. The minimum absolute atomic E-state index is 0.0112. The van der Waals surface area contributed by atoms with Gasteiger partial charge in [0.25, 0.3) is 5.91 Å². The van der Waals surface area contributed by atoms with E-state index in [1.807, 2.05) is 0 Å². The van der Waals surface area contributed by atoms with Crippen LogP contribution in [0.4, 0.5) is 14.5 Å². The fraction of sp³-hybridized carbons (Fsp3) is 0.300. The van der Waals surface area contributed by atoms with E-state index in [0.717, 1.165) is 12.1 Å². The predicted molar refractivity (Wildman–Crippen MR) is 54.8 cm³/mol. The van der Waals surface area contributed by atoms with E-state index in [0.29, 0.717) is 0 Å². The lowest BCUT2D eigenvalue weighted by Crippen LogP contribution is -2.31. The zero-order valence-corrected chi connectivity index (χ0v) is 8.63. The van der Waals surface area contributed by atoms with Crippen LogP contribution in [0.3, 0.4) is 0 Å². The van der Waals surface area contributed by atoms with E-state index in [1.54, 1.807) is 0 Å². The van der Waals surface area contributed by atoms with Gasteiger partial charge < -0.3 is 16.2 Å². The van der Waals surface area contributed by atoms with Crippen LogP contribution in [0.15, 0.2) is 12.1 Å². The maximum atomic E-state index is 12.9. The second-order valence-corrected chi connectivity index (χ2v) is 3.41. The average Bonchev–Trinajstić information content (AvgIpc) is 2.20. The summed E-state index contributed by atoms with van der Waals surface area (Å²) >= 11 is 0. The van der Waals surface area contributed by atoms with Crippen molar-refractivity contribution in [2.75, 3.05) is 12.3 Å². The molecule has 0 bridgehead atoms. The molecule has 0 fully saturated rings. The highest BCUT2D eigenvalue weighted by molar-refractivity contribution is 5.99. The first-order valence-corrected chi connectivity index (χ1v) is 4.62. The van der Waals surface area contributed by atoms with Crippen LogP contribution in [0.1, 0.15) is 17.3 Å². The minimum Gasteiger partial charge on any atom is -0.398 e. The summed E-state index contributed by atoms with van der Waals surface area (Å²) in [6.45, 7) is 1.49. The summed E-state index contributed by atoms with van der Waals surface area (Å²) in [4.78, 5) is 11.4. The Morgan fingerprint density at radius 1 is 1.50 bits per heavy atom. The van der Waals surface area contributed by atoms with Crippen LogP contribution in [-0.4, -0.2) is 23.7 Å². The molecule has 0 aliphatic rings. The van der Waals surface area contributed by atoms with Crippen LogP contribution in [0, 0.1) is 11.6 Å². The molecule has 0 aliphatic carbocycles. The van der Waals surface area contributed by atoms with Gasteiger partial charge in [0.15, 0.2) is 11.6 Å². The number of aliphatic hydroxyl groups is 1. The predicted octanol–water partition coefficient (Wildman–Crippen LogP) is 0.658. The maximum Gasteiger partial charge on any atom is 0.253 e. The Morgan fingerprint density at radius 2 is 2.06 bits per heavy atom. The molecule has 1 amide bonds. The van der Waals surface area contributed by atoms with Crippen molar-refractivity contribution in [1.82, 2.24) is 5.32 Å². The third-order valence-corrected chi connectivity index (χ3v) is 1.90. The van der Waals surface area contributed by atoms with Gasteiger partial charge in [-0.15, -0.1) is 0 Å². The summed E-state index contributed by atoms with van der Waals surface area (Å²) in [6, 6.07) is 1.47. The monoisotopic (exact) mass is 230 g/mol. The van der Waals surface area contributed by atoms with Gasteiger partial charge in [-0.25, -0.2) is 8.78 Å². The molecule has 88 valence electrons. The molecule has 0 unspecified atom stereocenters. The standard InChI is InChI=1S/C10H12F2N2O2/c1-5(15)4-14-10(16)6-2-7(11)8(12)3-9(6)13/h2-3,5,15H,4,13H2,1H3,(H,14,16)/t5-/m1/s1. The normalized spacial score (nSPS) is 12.2. The summed E-state index contributed by atoms with van der Waals surface area (Å²) in [7, 11) is 0. The molecule has 16 heavy (non-hydrogen) atoms. The summed E-state index contributed by atoms with van der Waals surface area (Å²) in [5.41, 5.74) is 5.06. The van der Waals surface area contributed by atoms with E-state index < -0.39 is 23.6 Å². The number of carbonyl (C=O) groups is 1. The largest absolute Gasteiger partial charge is 0.398 e. The molecule has 0 radical (unpaired) electrons. The van der Waals surface area contributed by atoms with Gasteiger partial charge in [-0.2, -0.15) is 0 Å². The summed E-state index contributed by atoms with van der Waals surface area (Å²) in [5.74, 6) is -2.90. The number of nitrogen functional groups attached to an aromatic ring is 1. The second-order valence-electron chi connectivity index (χ2n) is 3.41. The highest BCUT2D eigenvalue weighted by Crippen LogP contribution is 2.16. The van der Waals surface area contributed by atoms with Crippen molar-refractivity contribution in [1.29, 1.82) is 0 Å². The molecule has 4 N–H and O–H groups in total. The number of hydrogen-bond donors (Lipinski definition) is 3. The Balaban J connectivity index is 2.87. The third-order valence-electron chi connectivity index (χ3n) is 1.90. The number of halogens is 2. The molecular weight excluding hydrogens is 218 g/mol. The number of aliphatic hydroxyl groups excluding tert-OH is 1. The van der Waals surface area contributed by atoms with Crippen LogP contribution in [0.2, 0.25) is 0 Å². The van der Waals surface area contributed by atoms with Gasteiger partial charge in [-0.05, 0) is 13.0 Å². The number of amides is 1. The zero-order chi connectivity index (χ0) is 12.3. The van der Waals surface area contributed by atoms with Gasteiger partial charge in [0.2, 0.25) is 0 Å². The minimum atomic E-state index is -1.14. The second kappa shape index (κ2) is 4.89. The number of benzene rings is 1. The van der Waals surface area contributed by atoms with E-state index in [1.165, 1.54) is 6.92 Å². The van der Waals surface area contributed by atoms with Crippen LogP contribution in [0.5, 0.6) is 0 Å². The van der Waals surface area contributed by atoms with Crippen LogP contribution >= 0.6 is 0 Å². The average molecular weight is 230 g/mol. The van der Waals surface area contributed by atoms with Crippen molar-refractivity contribution in [3.05, 3.63) is 29.3 Å². The molecule has 4 nitrogen and oxygen atoms in total. The third kappa shape index (κ3) is 2.90. The molecule has 1 aromatic rings. The number of rotatable bonds is 3. The Morgan fingerprint density at radius 3 is 2.62 bits per heavy atom. The molecule has 0 aliphatic heterocycles. The molecule has 0 heterocycles. The van der Waals surface area contributed by atoms with Gasteiger partial charge in [0.05, 0.1) is 11.7 Å². The lowest BCUT2D eigenvalue weighted by Gasteiger charge is -2.09. The van der Waals surface area contributed by atoms with Gasteiger partial charge in [0, 0.05) is 18.3 Å². The molecule has 0 aromatic heterocycles. The first-order chi connectivity index (χ1) is 7.41. The molecule has 1 atom stereocenters. The van der Waals surface area contributed by atoms with Crippen molar-refractivity contribution in [2.24, 2.45) is 0 Å². The van der Waals surface area contributed by atoms with Crippen LogP contribution in [-0.2, 0) is 0 Å². The van der Waals surface area contributed by atoms with E-state index in [-0.39, 0.29) is 17.8 Å². The molecule has 1 rings (SSSR count). The molecule has 6 heteroatoms. The van der Waals surface area contributed by atoms with E-state index in [4.69, 9.17) is 10.8 Å². The molecular formula is C10H12F2N2O2. The molecule has 1 aromatic carbocycles. The smallest absolute Gasteiger partial charge is 0.253 e. The van der Waals surface area contributed by atoms with Crippen molar-refractivity contribution < 1.29 is 18.7 Å². The van der Waals surface area contributed by atoms with Gasteiger partial charge in [-0.1, -0.05) is 0 Å². The fourth-order valence-corrected chi connectivity index (χ4v) is 1.09. The highest BCUT2D eigenvalue weighted by atomic mass is 19.2. The Bertz CT molecular complexity index is 408. The van der Waals surface area contributed by atoms with E-state index in [9.17, 15) is 13.6 Å². The number of anilines is 1. The van der Waals surface area contributed by atoms with Crippen molar-refractivity contribution >= 4 is 11.6 Å². The quantitative estimate of drug-likeness (QED) is 0.667. The van der Waals surface area contributed by atoms with Crippen LogP contribution < -0.4 is 11.1 Å². The first-order valence-electron chi connectivity index (χ1n) is 4.62. The van der Waals surface area contributed by atoms with Gasteiger partial charge in [0.1, 0.15) is 0 Å². The fourth-order valence-electron chi connectivity index (χ4n) is 1.09. The van der Waals surface area contributed by atoms with Crippen molar-refractivity contribution in [3.63, 3.8) is 0 Å². The number of hydrogen-bond acceptors (Lipinski definition) is 3. The Kier molecular flexibility index (Phi) is 3.78. The van der Waals surface area contributed by atoms with Gasteiger partial charge in [-0.3, -0.25) is 4.79 Å². The summed E-state index contributed by atoms with van der Waals surface area (Å²) in [5, 5.41) is 11.3. The van der Waals surface area contributed by atoms with Crippen molar-refractivity contribution in [3.8, 4) is 0 Å². The number of carbonyl (C=O) groups excluding carboxylic acids is 1. The Labute approximate surface area is 91.1 Å². The lowest BCUT2D eigenvalue weighted by molar-refractivity contribution is 0.0924. The number of nitrogens with one attached hydrogen (secondary N) is 1. The molecule has 0 saturated heterocycles. The summed E-state index contributed by atoms with van der Waals surface area (Å²) < 4.78 is 25.6. The van der Waals surface area contributed by atoms with E-state index in [2.05, 4.69) is 5.32 Å². The SMILES string of the molecule is C[C@@H](O)CNC(=O)c1cc(F)c(F)cc1N. The zero-order valence-electron chi connectivity index (χ0n) is 8.63. The van der Waals surface area contributed by atoms with Crippen LogP contribution in [0.25, 0.3) is 0 Å². The molecule has 0 spiro atoms. The topological polar surface area (TPSA) is 75.3 Å². The number of nitrogens with two attached hydrogens (primary N) is 1. The summed E-state index contributed by atoms with van der Waals surface area (Å²) in [6.07, 6.45) is -0.726. The van der Waals surface area contributed by atoms with E-state index >= 15 is 0 Å². The van der Waals surface area contributed by atoms with Gasteiger partial charge >= 0.3 is 0 Å². The first kappa shape index (κ1) is 12.4. The Hall–Kier alpha value is -1.69.